The maximum absolute atomic E-state index is 13.9. The van der Waals surface area contributed by atoms with Crippen molar-refractivity contribution in [2.24, 2.45) is 17.6 Å². The van der Waals surface area contributed by atoms with Crippen LogP contribution in [0.5, 0.6) is 0 Å². The van der Waals surface area contributed by atoms with Gasteiger partial charge in [0.25, 0.3) is 11.6 Å². The number of nitrogens with one attached hydrogen (secondary N) is 3. The number of ketones is 2. The summed E-state index contributed by atoms with van der Waals surface area (Å²) in [6, 6.07) is 2.76. The van der Waals surface area contributed by atoms with Gasteiger partial charge in [-0.2, -0.15) is 0 Å². The standard InChI is InChI=1S/C35H46N6O10/c1-19-14-24-30(38-13-12-37-29-11-10-23(18-39-29)41(47)48)26(42)17-25(32(24)44)40-34(45)20(2)8-7-9-27(49-5)33(51-35(36)46)22(4)16-21(3)31(43)28(15-19)50-6/h7-11,16-19,21,27-28,31,33,38,43H,12-15H2,1-6H3,(H2,36,46)(H,37,39)(H,40,45)/b9-7-,20-8+,22-16+/t19-,21+,27+,28+,31-,33+/m1/s1. The molecule has 0 spiro atoms. The number of aromatic nitrogens is 1. The number of pyridine rings is 1. The summed E-state index contributed by atoms with van der Waals surface area (Å²) in [7, 11) is 2.88. The number of aliphatic hydroxyl groups excluding tert-OH is 1. The number of anilines is 1. The highest BCUT2D eigenvalue weighted by molar-refractivity contribution is 6.23. The molecular weight excluding hydrogens is 664 g/mol. The number of hydrogen-bond acceptors (Lipinski definition) is 13. The number of allylic oxidation sites excluding steroid dienone is 4. The first kappa shape index (κ1) is 40.2. The molecule has 0 radical (unpaired) electrons. The van der Waals surface area contributed by atoms with E-state index in [9.17, 15) is 34.4 Å². The number of nitro groups is 1. The molecule has 51 heavy (non-hydrogen) atoms. The molecule has 2 aliphatic rings. The molecule has 2 amide bonds. The summed E-state index contributed by atoms with van der Waals surface area (Å²) < 4.78 is 16.6. The van der Waals surface area contributed by atoms with Crippen molar-refractivity contribution in [3.63, 3.8) is 0 Å². The lowest BCUT2D eigenvalue weighted by Gasteiger charge is -2.30. The third-order valence-corrected chi connectivity index (χ3v) is 8.49. The fourth-order valence-electron chi connectivity index (χ4n) is 5.76. The molecule has 0 saturated carbocycles. The molecule has 276 valence electrons. The van der Waals surface area contributed by atoms with Crippen LogP contribution in [0, 0.1) is 22.0 Å². The zero-order chi connectivity index (χ0) is 37.8. The Hall–Kier alpha value is -5.19. The Morgan fingerprint density at radius 2 is 1.84 bits per heavy atom. The lowest BCUT2D eigenvalue weighted by atomic mass is 9.85. The van der Waals surface area contributed by atoms with Crippen LogP contribution in [0.4, 0.5) is 16.3 Å². The van der Waals surface area contributed by atoms with Crippen molar-refractivity contribution in [1.82, 2.24) is 15.6 Å². The average Bonchev–Trinajstić information content (AvgIpc) is 3.08. The maximum Gasteiger partial charge on any atom is 0.405 e. The van der Waals surface area contributed by atoms with Gasteiger partial charge in [0.15, 0.2) is 6.10 Å². The van der Waals surface area contributed by atoms with Crippen LogP contribution >= 0.6 is 0 Å². The van der Waals surface area contributed by atoms with Gasteiger partial charge in [-0.15, -0.1) is 0 Å². The van der Waals surface area contributed by atoms with E-state index >= 15 is 0 Å². The number of fused-ring (bicyclic) bond motifs is 2. The van der Waals surface area contributed by atoms with Crippen LogP contribution in [0.25, 0.3) is 0 Å². The predicted octanol–water partition coefficient (Wildman–Crippen LogP) is 2.77. The van der Waals surface area contributed by atoms with Crippen LogP contribution in [0.3, 0.4) is 0 Å². The number of rotatable bonds is 9. The van der Waals surface area contributed by atoms with Crippen LogP contribution in [0.1, 0.15) is 40.5 Å². The molecule has 0 aromatic carbocycles. The van der Waals surface area contributed by atoms with Gasteiger partial charge in [-0.05, 0) is 44.2 Å². The molecule has 16 nitrogen and oxygen atoms in total. The predicted molar refractivity (Wildman–Crippen MR) is 187 cm³/mol. The molecule has 0 saturated heterocycles. The molecule has 2 bridgehead atoms. The minimum Gasteiger partial charge on any atom is -0.439 e. The Morgan fingerprint density at radius 3 is 2.45 bits per heavy atom. The fraction of sp³-hybridized carbons (Fsp3) is 0.457. The number of amides is 2. The largest absolute Gasteiger partial charge is 0.439 e. The summed E-state index contributed by atoms with van der Waals surface area (Å²) >= 11 is 0. The van der Waals surface area contributed by atoms with Gasteiger partial charge in [0.1, 0.15) is 18.1 Å². The second-order valence-corrected chi connectivity index (χ2v) is 12.4. The molecule has 6 N–H and O–H groups in total. The number of methoxy groups -OCH3 is 2. The third kappa shape index (κ3) is 11.2. The minimum atomic E-state index is -1.02. The molecule has 0 unspecified atom stereocenters. The van der Waals surface area contributed by atoms with E-state index < -0.39 is 58.8 Å². The molecular formula is C35H46N6O10. The third-order valence-electron chi connectivity index (χ3n) is 8.49. The zero-order valence-corrected chi connectivity index (χ0v) is 29.5. The van der Waals surface area contributed by atoms with Gasteiger partial charge in [-0.3, -0.25) is 24.5 Å². The summed E-state index contributed by atoms with van der Waals surface area (Å²) in [5.41, 5.74) is 5.99. The van der Waals surface area contributed by atoms with Gasteiger partial charge in [-0.25, -0.2) is 9.78 Å². The van der Waals surface area contributed by atoms with E-state index in [4.69, 9.17) is 19.9 Å². The summed E-state index contributed by atoms with van der Waals surface area (Å²) in [5, 5.41) is 30.8. The van der Waals surface area contributed by atoms with E-state index in [0.29, 0.717) is 17.8 Å². The molecule has 16 heteroatoms. The van der Waals surface area contributed by atoms with Gasteiger partial charge in [0.2, 0.25) is 11.6 Å². The van der Waals surface area contributed by atoms with E-state index in [1.54, 1.807) is 26.0 Å². The number of hydrogen-bond donors (Lipinski definition) is 5. The highest BCUT2D eigenvalue weighted by Crippen LogP contribution is 2.29. The summed E-state index contributed by atoms with van der Waals surface area (Å²) in [6.07, 6.45) is 4.39. The number of ether oxygens (including phenoxy) is 3. The molecule has 0 fully saturated rings. The van der Waals surface area contributed by atoms with Crippen molar-refractivity contribution in [2.75, 3.05) is 32.6 Å². The van der Waals surface area contributed by atoms with Crippen molar-refractivity contribution < 1.29 is 43.4 Å². The van der Waals surface area contributed by atoms with Crippen molar-refractivity contribution in [2.45, 2.75) is 65.0 Å². The lowest BCUT2D eigenvalue weighted by molar-refractivity contribution is -0.385. The van der Waals surface area contributed by atoms with Crippen LogP contribution < -0.4 is 21.7 Å². The molecule has 1 aliphatic heterocycles. The van der Waals surface area contributed by atoms with Crippen LogP contribution in [0.2, 0.25) is 0 Å². The Morgan fingerprint density at radius 1 is 1.14 bits per heavy atom. The van der Waals surface area contributed by atoms with Crippen molar-refractivity contribution in [3.8, 4) is 0 Å². The lowest BCUT2D eigenvalue weighted by Crippen LogP contribution is -2.38. The highest BCUT2D eigenvalue weighted by atomic mass is 16.6. The summed E-state index contributed by atoms with van der Waals surface area (Å²) in [6.45, 7) is 7.30. The molecule has 1 aromatic rings. The van der Waals surface area contributed by atoms with Gasteiger partial charge >= 0.3 is 6.09 Å². The van der Waals surface area contributed by atoms with E-state index in [-0.39, 0.29) is 53.7 Å². The van der Waals surface area contributed by atoms with Crippen molar-refractivity contribution >= 4 is 35.1 Å². The van der Waals surface area contributed by atoms with Gasteiger partial charge in [-0.1, -0.05) is 38.2 Å². The number of nitrogens with zero attached hydrogens (tertiary/aromatic N) is 2. The van der Waals surface area contributed by atoms with Gasteiger partial charge < -0.3 is 41.0 Å². The zero-order valence-electron chi connectivity index (χ0n) is 29.5. The first-order chi connectivity index (χ1) is 24.2. The van der Waals surface area contributed by atoms with Crippen LogP contribution in [0.15, 0.2) is 76.8 Å². The second kappa shape index (κ2) is 18.7. The van der Waals surface area contributed by atoms with Gasteiger partial charge in [0.05, 0.1) is 28.5 Å². The van der Waals surface area contributed by atoms with E-state index in [0.717, 1.165) is 12.3 Å². The highest BCUT2D eigenvalue weighted by Gasteiger charge is 2.33. The Bertz CT molecular complexity index is 1630. The molecule has 1 aliphatic carbocycles. The molecule has 2 heterocycles. The van der Waals surface area contributed by atoms with E-state index in [1.807, 2.05) is 6.92 Å². The number of primary amides is 1. The smallest absolute Gasteiger partial charge is 0.405 e. The van der Waals surface area contributed by atoms with Crippen molar-refractivity contribution in [3.05, 3.63) is 86.9 Å². The topological polar surface area (TPSA) is 234 Å². The summed E-state index contributed by atoms with van der Waals surface area (Å²) in [4.78, 5) is 66.6. The van der Waals surface area contributed by atoms with Crippen molar-refractivity contribution in [1.29, 1.82) is 0 Å². The number of aliphatic hydroxyl groups is 1. The normalized spacial score (nSPS) is 28.0. The van der Waals surface area contributed by atoms with E-state index in [2.05, 4.69) is 20.9 Å². The molecule has 6 atom stereocenters. The first-order valence-electron chi connectivity index (χ1n) is 16.3. The van der Waals surface area contributed by atoms with Crippen LogP contribution in [-0.4, -0.2) is 90.3 Å². The Labute approximate surface area is 296 Å². The monoisotopic (exact) mass is 710 g/mol. The van der Waals surface area contributed by atoms with Gasteiger partial charge in [0, 0.05) is 56.5 Å². The van der Waals surface area contributed by atoms with E-state index in [1.165, 1.54) is 45.4 Å². The molecule has 1 aromatic heterocycles. The number of carbonyl (C=O) groups excluding carboxylic acids is 4. The summed E-state index contributed by atoms with van der Waals surface area (Å²) in [5.74, 6) is -2.09. The number of nitrogens with two attached hydrogens (primary N) is 1. The second-order valence-electron chi connectivity index (χ2n) is 12.4. The van der Waals surface area contributed by atoms with Crippen LogP contribution in [-0.2, 0) is 28.6 Å². The Balaban J connectivity index is 1.96. The Kier molecular flexibility index (Phi) is 14.8. The number of carbonyl (C=O) groups is 4. The number of Topliss-reactive ketones (excluding diaryl/α,β-unsaturated/α-hetero) is 1. The SMILES string of the molecule is CO[C@H]1/C=C\C=C(/C)C(=O)NC2=CC(=O)C(NCCNc3ccc([N+](=O)[O-])cn3)=C(C[C@@H](C)C[C@H](OC)[C@H](O)[C@@H](C)/C=C(\C)[C@@H]1OC(N)=O)C2=O. The first-order valence-corrected chi connectivity index (χ1v) is 16.3. The fourth-order valence-corrected chi connectivity index (χ4v) is 5.76. The quantitative estimate of drug-likeness (QED) is 0.0816. The molecule has 3 rings (SSSR count). The maximum atomic E-state index is 13.9. The minimum absolute atomic E-state index is 0.0666. The average molecular weight is 711 g/mol.